The lowest BCUT2D eigenvalue weighted by atomic mass is 10.2. The number of ether oxygens (including phenoxy) is 1. The minimum Gasteiger partial charge on any atom is -0.504 e. The fourth-order valence-electron chi connectivity index (χ4n) is 1.60. The summed E-state index contributed by atoms with van der Waals surface area (Å²) < 4.78 is 4.93. The lowest BCUT2D eigenvalue weighted by Gasteiger charge is -2.19. The number of nitrogens with one attached hydrogen (secondary N) is 3. The number of phenolic OH excluding ortho intramolecular Hbond substituents is 1. The van der Waals surface area contributed by atoms with E-state index in [0.29, 0.717) is 5.56 Å². The van der Waals surface area contributed by atoms with E-state index in [1.54, 1.807) is 6.07 Å². The highest BCUT2D eigenvalue weighted by atomic mass is 16.5. The van der Waals surface area contributed by atoms with Crippen LogP contribution in [0.5, 0.6) is 11.5 Å². The van der Waals surface area contributed by atoms with Gasteiger partial charge in [0.1, 0.15) is 0 Å². The number of hydrogen-bond acceptors (Lipinski definition) is 7. The first-order valence-electron chi connectivity index (χ1n) is 5.82. The van der Waals surface area contributed by atoms with Crippen LogP contribution in [0.25, 0.3) is 0 Å². The maximum atomic E-state index is 11.4. The summed E-state index contributed by atoms with van der Waals surface area (Å²) in [5, 5.41) is 17.1. The molecule has 1 saturated heterocycles. The quantitative estimate of drug-likeness (QED) is 0.322. The Kier molecular flexibility index (Phi) is 4.02. The van der Waals surface area contributed by atoms with Gasteiger partial charge >= 0.3 is 6.03 Å². The van der Waals surface area contributed by atoms with Crippen LogP contribution in [0.1, 0.15) is 5.56 Å². The van der Waals surface area contributed by atoms with Crippen molar-refractivity contribution in [2.24, 2.45) is 5.10 Å². The molecule has 0 spiro atoms. The minimum absolute atomic E-state index is 0.0212. The van der Waals surface area contributed by atoms with Crippen molar-refractivity contribution in [3.05, 3.63) is 23.8 Å². The number of phenols is 1. The molecule has 1 aliphatic rings. The molecule has 21 heavy (non-hydrogen) atoms. The summed E-state index contributed by atoms with van der Waals surface area (Å²) in [6.45, 7) is 0. The normalized spacial score (nSPS) is 15.8. The van der Waals surface area contributed by atoms with Crippen molar-refractivity contribution in [1.82, 2.24) is 16.1 Å². The van der Waals surface area contributed by atoms with Crippen molar-refractivity contribution < 1.29 is 24.2 Å². The molecular formula is C12H12N4O5. The predicted octanol–water partition coefficient (Wildman–Crippen LogP) is -0.941. The largest absolute Gasteiger partial charge is 0.504 e. The molecule has 1 aromatic rings. The molecule has 4 N–H and O–H groups in total. The highest BCUT2D eigenvalue weighted by Crippen LogP contribution is 2.25. The topological polar surface area (TPSA) is 129 Å². The second-order valence-electron chi connectivity index (χ2n) is 4.06. The molecule has 0 atom stereocenters. The molecule has 2 rings (SSSR count). The Morgan fingerprint density at radius 2 is 1.95 bits per heavy atom. The van der Waals surface area contributed by atoms with Gasteiger partial charge in [0.05, 0.1) is 13.3 Å². The highest BCUT2D eigenvalue weighted by molar-refractivity contribution is 6.18. The fraction of sp³-hybridized carbons (Fsp3) is 0.167. The van der Waals surface area contributed by atoms with Crippen LogP contribution in [0.3, 0.4) is 0 Å². The Labute approximate surface area is 119 Å². The molecule has 1 aromatic carbocycles. The number of benzene rings is 1. The van der Waals surface area contributed by atoms with Crippen LogP contribution in [-0.2, 0) is 9.59 Å². The Morgan fingerprint density at radius 1 is 1.29 bits per heavy atom. The maximum absolute atomic E-state index is 11.4. The first-order valence-corrected chi connectivity index (χ1v) is 5.82. The van der Waals surface area contributed by atoms with Crippen molar-refractivity contribution in [1.29, 1.82) is 0 Å². The van der Waals surface area contributed by atoms with Gasteiger partial charge in [-0.3, -0.25) is 25.6 Å². The molecule has 0 aliphatic carbocycles. The van der Waals surface area contributed by atoms with E-state index in [9.17, 15) is 19.5 Å². The summed E-state index contributed by atoms with van der Waals surface area (Å²) in [5.74, 6) is -1.33. The van der Waals surface area contributed by atoms with E-state index in [1.807, 2.05) is 10.6 Å². The van der Waals surface area contributed by atoms with Gasteiger partial charge in [0.15, 0.2) is 11.5 Å². The molecule has 0 aromatic heterocycles. The number of urea groups is 1. The molecular weight excluding hydrogens is 280 g/mol. The molecule has 0 radical (unpaired) electrons. The third-order valence-corrected chi connectivity index (χ3v) is 2.62. The summed E-state index contributed by atoms with van der Waals surface area (Å²) in [6.07, 6.45) is 1.33. The zero-order chi connectivity index (χ0) is 15.4. The number of aromatic hydroxyl groups is 1. The fourth-order valence-corrected chi connectivity index (χ4v) is 1.60. The average molecular weight is 292 g/mol. The van der Waals surface area contributed by atoms with Crippen LogP contribution >= 0.6 is 0 Å². The highest BCUT2D eigenvalue weighted by Gasteiger charge is 2.33. The zero-order valence-corrected chi connectivity index (χ0v) is 10.9. The number of carbonyl (C=O) groups is 3. The number of barbiturate groups is 1. The van der Waals surface area contributed by atoms with Gasteiger partial charge in [0.2, 0.25) is 6.04 Å². The Bertz CT molecular complexity index is 608. The number of imide groups is 2. The van der Waals surface area contributed by atoms with Crippen molar-refractivity contribution in [2.45, 2.75) is 6.04 Å². The van der Waals surface area contributed by atoms with E-state index in [2.05, 4.69) is 10.5 Å². The molecule has 9 nitrogen and oxygen atoms in total. The smallest absolute Gasteiger partial charge is 0.328 e. The summed E-state index contributed by atoms with van der Waals surface area (Å²) in [7, 11) is 1.40. The summed E-state index contributed by atoms with van der Waals surface area (Å²) >= 11 is 0. The van der Waals surface area contributed by atoms with E-state index in [-0.39, 0.29) is 11.5 Å². The van der Waals surface area contributed by atoms with Gasteiger partial charge < -0.3 is 9.84 Å². The summed E-state index contributed by atoms with van der Waals surface area (Å²) in [4.78, 5) is 33.7. The number of hydrogen-bond donors (Lipinski definition) is 4. The summed E-state index contributed by atoms with van der Waals surface area (Å²) in [6, 6.07) is 2.34. The SMILES string of the molecule is COc1cc(/C=N/NC2C(=O)NC(=O)NC2=O)ccc1O. The van der Waals surface area contributed by atoms with Crippen molar-refractivity contribution in [3.8, 4) is 11.5 Å². The number of nitrogens with zero attached hydrogens (tertiary/aromatic N) is 1. The van der Waals surface area contributed by atoms with Gasteiger partial charge in [0.25, 0.3) is 11.8 Å². The molecule has 9 heteroatoms. The standard InChI is InChI=1S/C12H12N4O5/c1-21-8-4-6(2-3-7(8)17)5-13-16-9-10(18)14-12(20)15-11(9)19/h2-5,9,16-17H,1H3,(H2,14,15,18,19,20)/b13-5+. The van der Waals surface area contributed by atoms with Crippen LogP contribution < -0.4 is 20.8 Å². The third-order valence-electron chi connectivity index (χ3n) is 2.62. The van der Waals surface area contributed by atoms with Gasteiger partial charge in [0, 0.05) is 0 Å². The lowest BCUT2D eigenvalue weighted by Crippen LogP contribution is -2.62. The van der Waals surface area contributed by atoms with Crippen LogP contribution in [0.15, 0.2) is 23.3 Å². The molecule has 4 amide bonds. The van der Waals surface area contributed by atoms with Crippen LogP contribution in [0.2, 0.25) is 0 Å². The number of carbonyl (C=O) groups excluding carboxylic acids is 3. The number of amides is 4. The van der Waals surface area contributed by atoms with Crippen LogP contribution in [0, 0.1) is 0 Å². The van der Waals surface area contributed by atoms with Gasteiger partial charge in [-0.15, -0.1) is 0 Å². The van der Waals surface area contributed by atoms with E-state index in [4.69, 9.17) is 4.74 Å². The minimum atomic E-state index is -1.29. The molecule has 1 fully saturated rings. The van der Waals surface area contributed by atoms with Crippen LogP contribution in [0.4, 0.5) is 4.79 Å². The average Bonchev–Trinajstić information content (AvgIpc) is 2.43. The van der Waals surface area contributed by atoms with Crippen molar-refractivity contribution >= 4 is 24.1 Å². The third kappa shape index (κ3) is 3.26. The van der Waals surface area contributed by atoms with Crippen LogP contribution in [-0.4, -0.2) is 42.3 Å². The second-order valence-corrected chi connectivity index (χ2v) is 4.06. The van der Waals surface area contributed by atoms with E-state index >= 15 is 0 Å². The van der Waals surface area contributed by atoms with Crippen molar-refractivity contribution in [2.75, 3.05) is 7.11 Å². The van der Waals surface area contributed by atoms with Gasteiger partial charge in [-0.25, -0.2) is 4.79 Å². The first-order chi connectivity index (χ1) is 10.0. The number of rotatable bonds is 4. The molecule has 1 aliphatic heterocycles. The van der Waals surface area contributed by atoms with Gasteiger partial charge in [-0.05, 0) is 23.8 Å². The number of methoxy groups -OCH3 is 1. The predicted molar refractivity (Wildman–Crippen MR) is 70.9 cm³/mol. The second kappa shape index (κ2) is 5.90. The Balaban J connectivity index is 2.03. The first kappa shape index (κ1) is 14.3. The molecule has 1 heterocycles. The van der Waals surface area contributed by atoms with Crippen molar-refractivity contribution in [3.63, 3.8) is 0 Å². The Morgan fingerprint density at radius 3 is 2.57 bits per heavy atom. The summed E-state index contributed by atoms with van der Waals surface area (Å²) in [5.41, 5.74) is 2.91. The van der Waals surface area contributed by atoms with E-state index in [0.717, 1.165) is 0 Å². The molecule has 0 bridgehead atoms. The molecule has 0 saturated carbocycles. The zero-order valence-electron chi connectivity index (χ0n) is 10.9. The lowest BCUT2D eigenvalue weighted by molar-refractivity contribution is -0.132. The monoisotopic (exact) mass is 292 g/mol. The number of hydrazone groups is 1. The molecule has 110 valence electrons. The molecule has 0 unspecified atom stereocenters. The van der Waals surface area contributed by atoms with Gasteiger partial charge in [-0.1, -0.05) is 0 Å². The van der Waals surface area contributed by atoms with E-state index < -0.39 is 23.9 Å². The maximum Gasteiger partial charge on any atom is 0.328 e. The Hall–Kier alpha value is -3.10. The van der Waals surface area contributed by atoms with Gasteiger partial charge in [-0.2, -0.15) is 5.10 Å². The van der Waals surface area contributed by atoms with E-state index in [1.165, 1.54) is 25.5 Å².